The van der Waals surface area contributed by atoms with E-state index in [4.69, 9.17) is 0 Å². The lowest BCUT2D eigenvalue weighted by atomic mass is 10.2. The van der Waals surface area contributed by atoms with Gasteiger partial charge in [0.2, 0.25) is 12.2 Å². The largest absolute Gasteiger partial charge is 0.509 e. The molecule has 2 atom stereocenters. The zero-order chi connectivity index (χ0) is 16.0. The van der Waals surface area contributed by atoms with Crippen molar-refractivity contribution in [2.24, 2.45) is 0 Å². The van der Waals surface area contributed by atoms with Gasteiger partial charge in [-0.15, -0.1) is 0 Å². The van der Waals surface area contributed by atoms with Crippen LogP contribution in [0.3, 0.4) is 0 Å². The van der Waals surface area contributed by atoms with Crippen molar-refractivity contribution < 1.29 is 40.6 Å². The van der Waals surface area contributed by atoms with Crippen LogP contribution in [-0.4, -0.2) is 30.7 Å². The highest BCUT2D eigenvalue weighted by molar-refractivity contribution is 5.60. The van der Waals surface area contributed by atoms with Gasteiger partial charge in [-0.25, -0.2) is 4.79 Å². The van der Waals surface area contributed by atoms with Crippen molar-refractivity contribution >= 4 is 6.16 Å². The molecule has 0 aromatic carbocycles. The minimum absolute atomic E-state index is 0.0507. The number of hydrogen-bond acceptors (Lipinski definition) is 3. The molecule has 0 saturated carbocycles. The lowest BCUT2D eigenvalue weighted by molar-refractivity contribution is -0.231. The van der Waals surface area contributed by atoms with Crippen LogP contribution in [-0.2, 0) is 9.47 Å². The van der Waals surface area contributed by atoms with Crippen LogP contribution in [0.1, 0.15) is 39.5 Å². The summed E-state index contributed by atoms with van der Waals surface area (Å²) < 4.78 is 82.5. The van der Waals surface area contributed by atoms with Gasteiger partial charge in [0.1, 0.15) is 0 Å². The predicted octanol–water partition coefficient (Wildman–Crippen LogP) is 4.60. The molecule has 0 spiro atoms. The van der Waals surface area contributed by atoms with E-state index in [-0.39, 0.29) is 12.8 Å². The van der Waals surface area contributed by atoms with Crippen LogP contribution >= 0.6 is 0 Å². The Labute approximate surface area is 112 Å². The smallest absolute Gasteiger partial charge is 0.421 e. The Balaban J connectivity index is 4.65. The molecule has 2 unspecified atom stereocenters. The maximum Gasteiger partial charge on any atom is 0.509 e. The van der Waals surface area contributed by atoms with Gasteiger partial charge in [0.25, 0.3) is 0 Å². The first-order valence-electron chi connectivity index (χ1n) is 6.03. The van der Waals surface area contributed by atoms with Crippen LogP contribution in [0, 0.1) is 0 Å². The summed E-state index contributed by atoms with van der Waals surface area (Å²) in [6.07, 6.45) is -17.5. The van der Waals surface area contributed by atoms with Gasteiger partial charge in [-0.1, -0.05) is 26.7 Å². The molecule has 3 nitrogen and oxygen atoms in total. The number of rotatable bonds is 6. The number of carbonyl (C=O) groups excluding carboxylic acids is 1. The molecular weight excluding hydrogens is 294 g/mol. The summed E-state index contributed by atoms with van der Waals surface area (Å²) in [5.74, 6) is 0. The van der Waals surface area contributed by atoms with Gasteiger partial charge in [-0.05, 0) is 12.8 Å². The number of ether oxygens (including phenoxy) is 2. The molecule has 120 valence electrons. The first-order valence-corrected chi connectivity index (χ1v) is 6.03. The van der Waals surface area contributed by atoms with E-state index in [2.05, 4.69) is 9.47 Å². The fraction of sp³-hybridized carbons (Fsp3) is 0.909. The lowest BCUT2D eigenvalue weighted by Crippen LogP contribution is -2.38. The van der Waals surface area contributed by atoms with Gasteiger partial charge in [-0.2, -0.15) is 26.3 Å². The highest BCUT2D eigenvalue weighted by Crippen LogP contribution is 2.29. The van der Waals surface area contributed by atoms with E-state index >= 15 is 0 Å². The molecule has 9 heteroatoms. The molecule has 0 rings (SSSR count). The third-order valence-corrected chi connectivity index (χ3v) is 2.31. The van der Waals surface area contributed by atoms with E-state index in [9.17, 15) is 31.1 Å². The molecule has 0 aliphatic heterocycles. The van der Waals surface area contributed by atoms with Crippen LogP contribution < -0.4 is 0 Å². The fourth-order valence-electron chi connectivity index (χ4n) is 1.36. The van der Waals surface area contributed by atoms with E-state index in [0.717, 1.165) is 0 Å². The number of halogens is 6. The molecule has 0 heterocycles. The summed E-state index contributed by atoms with van der Waals surface area (Å²) in [7, 11) is 0. The maximum absolute atomic E-state index is 12.4. The molecular formula is C11H16F6O3. The second-order valence-corrected chi connectivity index (χ2v) is 4.12. The highest BCUT2D eigenvalue weighted by atomic mass is 19.4. The minimum Gasteiger partial charge on any atom is -0.421 e. The molecule has 0 saturated heterocycles. The van der Waals surface area contributed by atoms with Crippen molar-refractivity contribution in [2.45, 2.75) is 64.1 Å². The van der Waals surface area contributed by atoms with Crippen LogP contribution in [0.25, 0.3) is 0 Å². The second-order valence-electron chi connectivity index (χ2n) is 4.12. The summed E-state index contributed by atoms with van der Waals surface area (Å²) in [5, 5.41) is 0. The first-order chi connectivity index (χ1) is 9.02. The van der Waals surface area contributed by atoms with Gasteiger partial charge in [0.15, 0.2) is 0 Å². The number of hydrogen-bond donors (Lipinski definition) is 0. The Kier molecular flexibility index (Phi) is 7.15. The van der Waals surface area contributed by atoms with Gasteiger partial charge >= 0.3 is 18.5 Å². The predicted molar refractivity (Wildman–Crippen MR) is 57.1 cm³/mol. The van der Waals surface area contributed by atoms with Gasteiger partial charge in [0, 0.05) is 0 Å². The molecule has 0 aliphatic carbocycles. The summed E-state index contributed by atoms with van der Waals surface area (Å²) in [6.45, 7) is 2.84. The summed E-state index contributed by atoms with van der Waals surface area (Å²) in [5.41, 5.74) is 0. The number of alkyl halides is 6. The quantitative estimate of drug-likeness (QED) is 0.531. The Morgan fingerprint density at radius 3 is 1.35 bits per heavy atom. The van der Waals surface area contributed by atoms with Crippen molar-refractivity contribution in [1.29, 1.82) is 0 Å². The SMILES string of the molecule is CCCC(OC(=O)OC(CCC)C(F)(F)F)C(F)(F)F. The third-order valence-electron chi connectivity index (χ3n) is 2.31. The summed E-state index contributed by atoms with van der Waals surface area (Å²) in [6, 6.07) is 0. The van der Waals surface area contributed by atoms with Crippen LogP contribution in [0.15, 0.2) is 0 Å². The van der Waals surface area contributed by atoms with E-state index in [1.807, 2.05) is 0 Å². The maximum atomic E-state index is 12.4. The first kappa shape index (κ1) is 18.9. The van der Waals surface area contributed by atoms with E-state index in [1.165, 1.54) is 13.8 Å². The lowest BCUT2D eigenvalue weighted by Gasteiger charge is -2.23. The molecule has 0 aromatic rings. The Bertz CT molecular complexity index is 272. The van der Waals surface area contributed by atoms with Crippen LogP contribution in [0.5, 0.6) is 0 Å². The molecule has 0 aliphatic rings. The second kappa shape index (κ2) is 7.58. The normalized spacial score (nSPS) is 15.6. The van der Waals surface area contributed by atoms with E-state index < -0.39 is 43.6 Å². The molecule has 0 fully saturated rings. The van der Waals surface area contributed by atoms with Gasteiger partial charge in [0.05, 0.1) is 0 Å². The molecule has 0 aromatic heterocycles. The minimum atomic E-state index is -4.84. The molecule has 0 radical (unpaired) electrons. The van der Waals surface area contributed by atoms with E-state index in [1.54, 1.807) is 0 Å². The number of carbonyl (C=O) groups is 1. The molecule has 20 heavy (non-hydrogen) atoms. The summed E-state index contributed by atoms with van der Waals surface area (Å²) in [4.78, 5) is 11.1. The Hall–Kier alpha value is -1.15. The summed E-state index contributed by atoms with van der Waals surface area (Å²) >= 11 is 0. The average Bonchev–Trinajstić information content (AvgIpc) is 2.25. The van der Waals surface area contributed by atoms with Crippen molar-refractivity contribution in [3.8, 4) is 0 Å². The fourth-order valence-corrected chi connectivity index (χ4v) is 1.36. The molecule has 0 bridgehead atoms. The highest BCUT2D eigenvalue weighted by Gasteiger charge is 2.45. The van der Waals surface area contributed by atoms with Crippen molar-refractivity contribution in [3.05, 3.63) is 0 Å². The van der Waals surface area contributed by atoms with Gasteiger partial charge in [-0.3, -0.25) is 0 Å². The van der Waals surface area contributed by atoms with Crippen LogP contribution in [0.2, 0.25) is 0 Å². The zero-order valence-corrected chi connectivity index (χ0v) is 11.0. The zero-order valence-electron chi connectivity index (χ0n) is 11.0. The van der Waals surface area contributed by atoms with Gasteiger partial charge < -0.3 is 9.47 Å². The van der Waals surface area contributed by atoms with Crippen LogP contribution in [0.4, 0.5) is 31.1 Å². The Morgan fingerprint density at radius 1 is 0.850 bits per heavy atom. The molecule has 0 amide bonds. The molecule has 0 N–H and O–H groups in total. The van der Waals surface area contributed by atoms with E-state index in [0.29, 0.717) is 0 Å². The van der Waals surface area contributed by atoms with Crippen molar-refractivity contribution in [3.63, 3.8) is 0 Å². The average molecular weight is 310 g/mol. The van der Waals surface area contributed by atoms with Crippen molar-refractivity contribution in [2.75, 3.05) is 0 Å². The third kappa shape index (κ3) is 6.85. The monoisotopic (exact) mass is 310 g/mol. The standard InChI is InChI=1S/C11H16F6O3/c1-3-5-7(10(12,13)14)19-9(18)20-8(6-4-2)11(15,16)17/h7-8H,3-6H2,1-2H3. The Morgan fingerprint density at radius 2 is 1.15 bits per heavy atom. The van der Waals surface area contributed by atoms with Crippen molar-refractivity contribution in [1.82, 2.24) is 0 Å². The topological polar surface area (TPSA) is 35.5 Å².